The van der Waals surface area contributed by atoms with Crippen LogP contribution in [0.1, 0.15) is 37.7 Å². The molecule has 0 saturated carbocycles. The molecule has 0 unspecified atom stereocenters. The summed E-state index contributed by atoms with van der Waals surface area (Å²) in [4.78, 5) is 15.7. The maximum atomic E-state index is 11.7. The van der Waals surface area contributed by atoms with Crippen LogP contribution < -0.4 is 5.32 Å². The number of pyridine rings is 1. The van der Waals surface area contributed by atoms with E-state index in [-0.39, 0.29) is 5.91 Å². The summed E-state index contributed by atoms with van der Waals surface area (Å²) in [6.45, 7) is 1.94. The van der Waals surface area contributed by atoms with Gasteiger partial charge in [0.1, 0.15) is 0 Å². The van der Waals surface area contributed by atoms with Gasteiger partial charge in [-0.1, -0.05) is 18.9 Å². The Morgan fingerprint density at radius 1 is 1.36 bits per heavy atom. The summed E-state index contributed by atoms with van der Waals surface area (Å²) in [6.07, 6.45) is 12.9. The van der Waals surface area contributed by atoms with Gasteiger partial charge in [-0.2, -0.15) is 0 Å². The number of hydrogen-bond acceptors (Lipinski definition) is 4. The molecule has 2 heterocycles. The van der Waals surface area contributed by atoms with Crippen molar-refractivity contribution in [3.63, 3.8) is 0 Å². The number of carbonyl (C=O) groups is 1. The molecule has 1 saturated heterocycles. The molecule has 1 aromatic rings. The predicted octanol–water partition coefficient (Wildman–Crippen LogP) is 2.05. The van der Waals surface area contributed by atoms with Gasteiger partial charge in [0.15, 0.2) is 0 Å². The highest BCUT2D eigenvalue weighted by atomic mass is 32.2. The fraction of sp³-hybridized carbons (Fsp3) is 0.556. The molecule has 1 amide bonds. The molecule has 0 radical (unpaired) electrons. The fourth-order valence-electron chi connectivity index (χ4n) is 3.00. The molecule has 1 aliphatic rings. The van der Waals surface area contributed by atoms with Crippen molar-refractivity contribution in [2.24, 2.45) is 5.92 Å². The summed E-state index contributed by atoms with van der Waals surface area (Å²) in [6, 6.07) is 3.73. The van der Waals surface area contributed by atoms with E-state index in [2.05, 4.69) is 10.3 Å². The molecule has 1 N–H and O–H groups in total. The first-order valence-corrected chi connectivity index (χ1v) is 10.6. The van der Waals surface area contributed by atoms with Crippen molar-refractivity contribution in [2.45, 2.75) is 32.1 Å². The van der Waals surface area contributed by atoms with E-state index in [1.54, 1.807) is 22.8 Å². The quantitative estimate of drug-likeness (QED) is 0.565. The maximum absolute atomic E-state index is 11.7. The number of sulfonamides is 1. The fourth-order valence-corrected chi connectivity index (χ4v) is 3.88. The minimum atomic E-state index is -3.04. The minimum Gasteiger partial charge on any atom is -0.353 e. The van der Waals surface area contributed by atoms with Crippen molar-refractivity contribution < 1.29 is 13.2 Å². The number of amides is 1. The van der Waals surface area contributed by atoms with Gasteiger partial charge in [0, 0.05) is 38.1 Å². The maximum Gasteiger partial charge on any atom is 0.243 e. The second-order valence-corrected chi connectivity index (χ2v) is 8.49. The smallest absolute Gasteiger partial charge is 0.243 e. The predicted molar refractivity (Wildman–Crippen MR) is 99.3 cm³/mol. The van der Waals surface area contributed by atoms with E-state index < -0.39 is 10.0 Å². The monoisotopic (exact) mass is 365 g/mol. The first kappa shape index (κ1) is 19.6. The van der Waals surface area contributed by atoms with Crippen molar-refractivity contribution in [1.29, 1.82) is 0 Å². The number of hydrogen-bond donors (Lipinski definition) is 1. The highest BCUT2D eigenvalue weighted by Gasteiger charge is 2.24. The van der Waals surface area contributed by atoms with Gasteiger partial charge in [0.2, 0.25) is 15.9 Å². The second kappa shape index (κ2) is 9.68. The molecular weight excluding hydrogens is 338 g/mol. The van der Waals surface area contributed by atoms with Crippen LogP contribution in [0.3, 0.4) is 0 Å². The molecule has 1 aromatic heterocycles. The van der Waals surface area contributed by atoms with Crippen LogP contribution in [0.15, 0.2) is 30.6 Å². The zero-order valence-corrected chi connectivity index (χ0v) is 15.5. The molecule has 0 bridgehead atoms. The Labute approximate surface area is 150 Å². The summed E-state index contributed by atoms with van der Waals surface area (Å²) >= 11 is 0. The van der Waals surface area contributed by atoms with Crippen LogP contribution >= 0.6 is 0 Å². The standard InChI is InChI=1S/C18H27N3O3S/c1-25(23,24)21-13-9-16(10-14-21)5-2-3-12-20-18(22)8-7-17-6-4-11-19-15-17/h4,6-8,11,15-16H,2-3,5,9-10,12-14H2,1H3,(H,20,22). The molecular formula is C18H27N3O3S. The summed E-state index contributed by atoms with van der Waals surface area (Å²) in [5, 5.41) is 2.88. The molecule has 0 aromatic carbocycles. The Kier molecular flexibility index (Phi) is 7.58. The van der Waals surface area contributed by atoms with Crippen LogP contribution in [0.25, 0.3) is 6.08 Å². The number of unbranched alkanes of at least 4 members (excludes halogenated alkanes) is 1. The van der Waals surface area contributed by atoms with Gasteiger partial charge in [0.25, 0.3) is 0 Å². The van der Waals surface area contributed by atoms with E-state index in [1.807, 2.05) is 12.1 Å². The highest BCUT2D eigenvalue weighted by Crippen LogP contribution is 2.23. The Morgan fingerprint density at radius 3 is 2.76 bits per heavy atom. The highest BCUT2D eigenvalue weighted by molar-refractivity contribution is 7.88. The molecule has 2 rings (SSSR count). The van der Waals surface area contributed by atoms with E-state index in [1.165, 1.54) is 12.3 Å². The topological polar surface area (TPSA) is 79.4 Å². The van der Waals surface area contributed by atoms with Crippen molar-refractivity contribution >= 4 is 22.0 Å². The lowest BCUT2D eigenvalue weighted by Crippen LogP contribution is -2.37. The van der Waals surface area contributed by atoms with Crippen molar-refractivity contribution in [3.05, 3.63) is 36.2 Å². The van der Waals surface area contributed by atoms with Gasteiger partial charge in [-0.05, 0) is 42.9 Å². The van der Waals surface area contributed by atoms with Gasteiger partial charge in [0.05, 0.1) is 6.26 Å². The Hall–Kier alpha value is -1.73. The number of aromatic nitrogens is 1. The zero-order valence-electron chi connectivity index (χ0n) is 14.7. The van der Waals surface area contributed by atoms with Gasteiger partial charge in [-0.3, -0.25) is 9.78 Å². The third-order valence-corrected chi connectivity index (χ3v) is 5.80. The van der Waals surface area contributed by atoms with E-state index >= 15 is 0 Å². The van der Waals surface area contributed by atoms with Crippen LogP contribution in [0.4, 0.5) is 0 Å². The number of rotatable bonds is 8. The molecule has 7 heteroatoms. The summed E-state index contributed by atoms with van der Waals surface area (Å²) < 4.78 is 24.5. The van der Waals surface area contributed by atoms with Crippen LogP contribution in [0.5, 0.6) is 0 Å². The van der Waals surface area contributed by atoms with Gasteiger partial charge >= 0.3 is 0 Å². The molecule has 1 fully saturated rings. The number of nitrogens with one attached hydrogen (secondary N) is 1. The second-order valence-electron chi connectivity index (χ2n) is 6.51. The first-order valence-electron chi connectivity index (χ1n) is 8.76. The minimum absolute atomic E-state index is 0.0923. The van der Waals surface area contributed by atoms with E-state index in [4.69, 9.17) is 0 Å². The number of nitrogens with zero attached hydrogens (tertiary/aromatic N) is 2. The van der Waals surface area contributed by atoms with Crippen molar-refractivity contribution in [1.82, 2.24) is 14.6 Å². The average molecular weight is 365 g/mol. The third-order valence-electron chi connectivity index (χ3n) is 4.49. The van der Waals surface area contributed by atoms with Gasteiger partial charge in [-0.15, -0.1) is 0 Å². The summed E-state index contributed by atoms with van der Waals surface area (Å²) in [7, 11) is -3.04. The molecule has 6 nitrogen and oxygen atoms in total. The average Bonchev–Trinajstić information content (AvgIpc) is 2.60. The molecule has 1 aliphatic heterocycles. The number of carbonyl (C=O) groups excluding carboxylic acids is 1. The van der Waals surface area contributed by atoms with Crippen LogP contribution in [-0.2, 0) is 14.8 Å². The summed E-state index contributed by atoms with van der Waals surface area (Å²) in [5.41, 5.74) is 0.901. The van der Waals surface area contributed by atoms with Crippen LogP contribution in [0.2, 0.25) is 0 Å². The molecule has 25 heavy (non-hydrogen) atoms. The zero-order chi connectivity index (χ0) is 18.1. The van der Waals surface area contributed by atoms with Crippen molar-refractivity contribution in [2.75, 3.05) is 25.9 Å². The van der Waals surface area contributed by atoms with Crippen LogP contribution in [0, 0.1) is 5.92 Å². The normalized spacial score (nSPS) is 17.0. The van der Waals surface area contributed by atoms with Gasteiger partial charge < -0.3 is 5.32 Å². The van der Waals surface area contributed by atoms with Gasteiger partial charge in [-0.25, -0.2) is 12.7 Å². The lowest BCUT2D eigenvalue weighted by molar-refractivity contribution is -0.116. The number of piperidine rings is 1. The largest absolute Gasteiger partial charge is 0.353 e. The van der Waals surface area contributed by atoms with Crippen molar-refractivity contribution in [3.8, 4) is 0 Å². The Bertz CT molecular complexity index is 666. The Morgan fingerprint density at radius 2 is 2.12 bits per heavy atom. The van der Waals surface area contributed by atoms with E-state index in [9.17, 15) is 13.2 Å². The Balaban J connectivity index is 1.55. The lowest BCUT2D eigenvalue weighted by Gasteiger charge is -2.30. The molecule has 138 valence electrons. The molecule has 0 aliphatic carbocycles. The van der Waals surface area contributed by atoms with Crippen LogP contribution in [-0.4, -0.2) is 49.5 Å². The van der Waals surface area contributed by atoms with E-state index in [0.717, 1.165) is 37.7 Å². The molecule has 0 spiro atoms. The SMILES string of the molecule is CS(=O)(=O)N1CCC(CCCCNC(=O)C=Cc2cccnc2)CC1. The van der Waals surface area contributed by atoms with E-state index in [0.29, 0.717) is 25.6 Å². The lowest BCUT2D eigenvalue weighted by atomic mass is 9.92. The first-order chi connectivity index (χ1) is 11.9. The molecule has 0 atom stereocenters. The summed E-state index contributed by atoms with van der Waals surface area (Å²) in [5.74, 6) is 0.504. The third kappa shape index (κ3) is 7.36.